The molecular formula is C19H28N4. The van der Waals surface area contributed by atoms with Crippen LogP contribution in [0.25, 0.3) is 10.9 Å². The number of hydrogen-bond acceptors (Lipinski definition) is 4. The number of nitrogens with one attached hydrogen (secondary N) is 2. The molecule has 1 aromatic heterocycles. The third-order valence-corrected chi connectivity index (χ3v) is 3.83. The highest BCUT2D eigenvalue weighted by atomic mass is 15.1. The Labute approximate surface area is 139 Å². The molecular weight excluding hydrogens is 284 g/mol. The van der Waals surface area contributed by atoms with Gasteiger partial charge in [0.2, 0.25) is 5.95 Å². The van der Waals surface area contributed by atoms with Gasteiger partial charge in [-0.05, 0) is 25.5 Å². The lowest BCUT2D eigenvalue weighted by Crippen LogP contribution is -2.09. The number of hydrogen-bond donors (Lipinski definition) is 2. The van der Waals surface area contributed by atoms with Gasteiger partial charge in [0.1, 0.15) is 5.82 Å². The molecule has 0 spiro atoms. The Bertz CT molecular complexity index is 637. The Kier molecular flexibility index (Phi) is 6.85. The second kappa shape index (κ2) is 9.13. The van der Waals surface area contributed by atoms with Crippen LogP contribution in [0.15, 0.2) is 30.9 Å². The van der Waals surface area contributed by atoms with E-state index >= 15 is 0 Å². The Hall–Kier alpha value is -2.10. The minimum Gasteiger partial charge on any atom is -0.366 e. The number of unbranched alkanes of at least 4 members (excludes halogenated alkanes) is 4. The van der Waals surface area contributed by atoms with Crippen molar-refractivity contribution >= 4 is 22.7 Å². The molecule has 2 aromatic rings. The Morgan fingerprint density at radius 3 is 2.70 bits per heavy atom. The maximum atomic E-state index is 4.63. The summed E-state index contributed by atoms with van der Waals surface area (Å²) < 4.78 is 0. The van der Waals surface area contributed by atoms with E-state index in [1.165, 1.54) is 31.2 Å². The molecule has 0 fully saturated rings. The van der Waals surface area contributed by atoms with Crippen molar-refractivity contribution in [1.82, 2.24) is 9.97 Å². The summed E-state index contributed by atoms with van der Waals surface area (Å²) >= 11 is 0. The maximum absolute atomic E-state index is 4.63. The number of rotatable bonds is 10. The minimum atomic E-state index is 0.691. The average molecular weight is 312 g/mol. The van der Waals surface area contributed by atoms with E-state index in [-0.39, 0.29) is 0 Å². The smallest absolute Gasteiger partial charge is 0.225 e. The van der Waals surface area contributed by atoms with Gasteiger partial charge < -0.3 is 10.6 Å². The summed E-state index contributed by atoms with van der Waals surface area (Å²) in [4.78, 5) is 9.26. The molecule has 4 heteroatoms. The molecule has 0 saturated heterocycles. The molecule has 23 heavy (non-hydrogen) atoms. The zero-order chi connectivity index (χ0) is 16.5. The van der Waals surface area contributed by atoms with Crippen LogP contribution in [-0.2, 0) is 0 Å². The molecule has 124 valence electrons. The SMILES string of the molecule is C=CCNc1nc(NCCCCCCC)nc2ccc(C)cc12. The van der Waals surface area contributed by atoms with Crippen molar-refractivity contribution in [2.45, 2.75) is 46.0 Å². The predicted octanol–water partition coefficient (Wildman–Crippen LogP) is 4.92. The van der Waals surface area contributed by atoms with Crippen LogP contribution in [0, 0.1) is 6.92 Å². The van der Waals surface area contributed by atoms with Crippen molar-refractivity contribution < 1.29 is 0 Å². The zero-order valence-electron chi connectivity index (χ0n) is 14.4. The lowest BCUT2D eigenvalue weighted by Gasteiger charge is -2.11. The van der Waals surface area contributed by atoms with E-state index in [0.29, 0.717) is 12.5 Å². The van der Waals surface area contributed by atoms with E-state index < -0.39 is 0 Å². The molecule has 0 unspecified atom stereocenters. The van der Waals surface area contributed by atoms with Crippen LogP contribution in [0.3, 0.4) is 0 Å². The summed E-state index contributed by atoms with van der Waals surface area (Å²) in [7, 11) is 0. The number of aromatic nitrogens is 2. The van der Waals surface area contributed by atoms with Gasteiger partial charge in [0.15, 0.2) is 0 Å². The monoisotopic (exact) mass is 312 g/mol. The van der Waals surface area contributed by atoms with E-state index in [9.17, 15) is 0 Å². The van der Waals surface area contributed by atoms with Crippen molar-refractivity contribution in [3.05, 3.63) is 36.4 Å². The highest BCUT2D eigenvalue weighted by Gasteiger charge is 2.07. The number of benzene rings is 1. The summed E-state index contributed by atoms with van der Waals surface area (Å²) in [6.07, 6.45) is 8.16. The van der Waals surface area contributed by atoms with Crippen LogP contribution < -0.4 is 10.6 Å². The topological polar surface area (TPSA) is 49.8 Å². The lowest BCUT2D eigenvalue weighted by atomic mass is 10.1. The third kappa shape index (κ3) is 5.23. The minimum absolute atomic E-state index is 0.691. The standard InChI is InChI=1S/C19H28N4/c1-4-6-7-8-9-13-21-19-22-17-11-10-15(3)14-16(17)18(23-19)20-12-5-2/h5,10-11,14H,2,4,6-9,12-13H2,1,3H3,(H2,20,21,22,23). The highest BCUT2D eigenvalue weighted by molar-refractivity contribution is 5.90. The first-order valence-electron chi connectivity index (χ1n) is 8.61. The van der Waals surface area contributed by atoms with E-state index in [1.807, 2.05) is 6.08 Å². The molecule has 0 aliphatic rings. The molecule has 4 nitrogen and oxygen atoms in total. The molecule has 0 radical (unpaired) electrons. The van der Waals surface area contributed by atoms with Crippen LogP contribution >= 0.6 is 0 Å². The van der Waals surface area contributed by atoms with Gasteiger partial charge in [0.05, 0.1) is 5.52 Å². The largest absolute Gasteiger partial charge is 0.366 e. The van der Waals surface area contributed by atoms with E-state index in [0.717, 1.165) is 29.7 Å². The number of fused-ring (bicyclic) bond motifs is 1. The fraction of sp³-hybridized carbons (Fsp3) is 0.474. The summed E-state index contributed by atoms with van der Waals surface area (Å²) in [5.41, 5.74) is 2.17. The van der Waals surface area contributed by atoms with Crippen LogP contribution in [0.4, 0.5) is 11.8 Å². The first-order valence-corrected chi connectivity index (χ1v) is 8.61. The molecule has 2 N–H and O–H groups in total. The third-order valence-electron chi connectivity index (χ3n) is 3.83. The van der Waals surface area contributed by atoms with Crippen molar-refractivity contribution in [3.63, 3.8) is 0 Å². The summed E-state index contributed by atoms with van der Waals surface area (Å²) in [5, 5.41) is 7.73. The summed E-state index contributed by atoms with van der Waals surface area (Å²) in [6.45, 7) is 9.69. The van der Waals surface area contributed by atoms with Crippen molar-refractivity contribution in [1.29, 1.82) is 0 Å². The molecule has 0 bridgehead atoms. The second-order valence-corrected chi connectivity index (χ2v) is 5.93. The van der Waals surface area contributed by atoms with Crippen LogP contribution in [0.1, 0.15) is 44.6 Å². The van der Waals surface area contributed by atoms with Gasteiger partial charge in [-0.3, -0.25) is 0 Å². The molecule has 0 aliphatic carbocycles. The van der Waals surface area contributed by atoms with Crippen LogP contribution in [-0.4, -0.2) is 23.1 Å². The van der Waals surface area contributed by atoms with Crippen molar-refractivity contribution in [2.75, 3.05) is 23.7 Å². The second-order valence-electron chi connectivity index (χ2n) is 5.93. The molecule has 0 aliphatic heterocycles. The quantitative estimate of drug-likeness (QED) is 0.483. The number of aryl methyl sites for hydroxylation is 1. The molecule has 1 aromatic carbocycles. The van der Waals surface area contributed by atoms with Crippen molar-refractivity contribution in [3.8, 4) is 0 Å². The number of nitrogens with zero attached hydrogens (tertiary/aromatic N) is 2. The fourth-order valence-electron chi connectivity index (χ4n) is 2.55. The van der Waals surface area contributed by atoms with Gasteiger partial charge in [-0.1, -0.05) is 50.3 Å². The number of anilines is 2. The van der Waals surface area contributed by atoms with Gasteiger partial charge in [0.25, 0.3) is 0 Å². The van der Waals surface area contributed by atoms with E-state index in [2.05, 4.69) is 59.2 Å². The molecule has 0 atom stereocenters. The van der Waals surface area contributed by atoms with Gasteiger partial charge >= 0.3 is 0 Å². The fourth-order valence-corrected chi connectivity index (χ4v) is 2.55. The maximum Gasteiger partial charge on any atom is 0.225 e. The normalized spacial score (nSPS) is 10.7. The molecule has 2 rings (SSSR count). The lowest BCUT2D eigenvalue weighted by molar-refractivity contribution is 0.644. The first-order chi connectivity index (χ1) is 11.2. The predicted molar refractivity (Wildman–Crippen MR) is 100 cm³/mol. The van der Waals surface area contributed by atoms with Gasteiger partial charge in [-0.2, -0.15) is 4.98 Å². The van der Waals surface area contributed by atoms with Gasteiger partial charge in [0, 0.05) is 18.5 Å². The Morgan fingerprint density at radius 2 is 1.91 bits per heavy atom. The van der Waals surface area contributed by atoms with E-state index in [1.54, 1.807) is 0 Å². The Balaban J connectivity index is 2.07. The van der Waals surface area contributed by atoms with Crippen LogP contribution in [0.2, 0.25) is 0 Å². The zero-order valence-corrected chi connectivity index (χ0v) is 14.4. The molecule has 0 amide bonds. The van der Waals surface area contributed by atoms with E-state index in [4.69, 9.17) is 0 Å². The van der Waals surface area contributed by atoms with Crippen molar-refractivity contribution in [2.24, 2.45) is 0 Å². The van der Waals surface area contributed by atoms with Gasteiger partial charge in [-0.15, -0.1) is 6.58 Å². The summed E-state index contributed by atoms with van der Waals surface area (Å²) in [5.74, 6) is 1.57. The molecule has 0 saturated carbocycles. The average Bonchev–Trinajstić information content (AvgIpc) is 2.56. The Morgan fingerprint density at radius 1 is 1.09 bits per heavy atom. The molecule has 1 heterocycles. The van der Waals surface area contributed by atoms with Crippen LogP contribution in [0.5, 0.6) is 0 Å². The van der Waals surface area contributed by atoms with Gasteiger partial charge in [-0.25, -0.2) is 4.98 Å². The summed E-state index contributed by atoms with van der Waals surface area (Å²) in [6, 6.07) is 6.26. The first kappa shape index (κ1) is 17.3. The highest BCUT2D eigenvalue weighted by Crippen LogP contribution is 2.23.